The summed E-state index contributed by atoms with van der Waals surface area (Å²) in [5.41, 5.74) is 1.32. The number of likely N-dealkylation sites (N-methyl/N-ethyl adjacent to an activating group) is 2. The maximum absolute atomic E-state index is 11.8. The lowest BCUT2D eigenvalue weighted by Gasteiger charge is -2.47. The molecule has 0 radical (unpaired) electrons. The van der Waals surface area contributed by atoms with E-state index in [1.54, 1.807) is 0 Å². The summed E-state index contributed by atoms with van der Waals surface area (Å²) in [6.45, 7) is 5.00. The minimum atomic E-state index is -0.0826. The number of rotatable bonds is 5. The van der Waals surface area contributed by atoms with Crippen LogP contribution in [-0.2, 0) is 16.0 Å². The number of amides is 1. The van der Waals surface area contributed by atoms with E-state index in [2.05, 4.69) is 49.2 Å². The van der Waals surface area contributed by atoms with Gasteiger partial charge in [-0.15, -0.1) is 0 Å². The van der Waals surface area contributed by atoms with Gasteiger partial charge in [0.1, 0.15) is 6.61 Å². The quantitative estimate of drug-likeness (QED) is 0.832. The molecule has 1 amide bonds. The third kappa shape index (κ3) is 3.98. The molecule has 0 bridgehead atoms. The molecule has 0 atom stereocenters. The summed E-state index contributed by atoms with van der Waals surface area (Å²) in [7, 11) is 2.25. The predicted molar refractivity (Wildman–Crippen MR) is 96.0 cm³/mol. The molecule has 2 aliphatic rings. The van der Waals surface area contributed by atoms with E-state index in [-0.39, 0.29) is 18.1 Å². The third-order valence-electron chi connectivity index (χ3n) is 5.80. The molecule has 4 heteroatoms. The molecular weight excluding hydrogens is 300 g/mol. The van der Waals surface area contributed by atoms with Crippen LogP contribution in [0.1, 0.15) is 38.2 Å². The summed E-state index contributed by atoms with van der Waals surface area (Å²) in [6, 6.07) is 11.3. The number of benzene rings is 1. The minimum Gasteiger partial charge on any atom is -0.363 e. The fraction of sp³-hybridized carbons (Fsp3) is 0.650. The van der Waals surface area contributed by atoms with Crippen molar-refractivity contribution in [3.63, 3.8) is 0 Å². The second-order valence-electron chi connectivity index (χ2n) is 7.33. The number of carbonyl (C=O) groups excluding carboxylic acids is 1. The molecule has 0 N–H and O–H groups in total. The van der Waals surface area contributed by atoms with Crippen molar-refractivity contribution in [2.24, 2.45) is 0 Å². The monoisotopic (exact) mass is 330 g/mol. The zero-order chi connectivity index (χ0) is 17.0. The predicted octanol–water partition coefficient (Wildman–Crippen LogP) is 2.72. The Hall–Kier alpha value is -1.39. The highest BCUT2D eigenvalue weighted by Crippen LogP contribution is 2.36. The first-order chi connectivity index (χ1) is 11.6. The van der Waals surface area contributed by atoms with Crippen molar-refractivity contribution >= 4 is 5.91 Å². The number of morpholine rings is 1. The molecule has 1 saturated heterocycles. The Balaban J connectivity index is 1.48. The highest BCUT2D eigenvalue weighted by Gasteiger charge is 2.42. The minimum absolute atomic E-state index is 0.0826. The van der Waals surface area contributed by atoms with Gasteiger partial charge in [-0.1, -0.05) is 30.3 Å². The van der Waals surface area contributed by atoms with Gasteiger partial charge in [0.25, 0.3) is 0 Å². The van der Waals surface area contributed by atoms with Crippen LogP contribution in [0, 0.1) is 0 Å². The maximum Gasteiger partial charge on any atom is 0.248 e. The van der Waals surface area contributed by atoms with Crippen molar-refractivity contribution in [3.05, 3.63) is 35.9 Å². The van der Waals surface area contributed by atoms with Gasteiger partial charge in [0.05, 0.1) is 5.60 Å². The van der Waals surface area contributed by atoms with Gasteiger partial charge in [0, 0.05) is 25.7 Å². The molecule has 2 fully saturated rings. The lowest BCUT2D eigenvalue weighted by Crippen LogP contribution is -2.57. The van der Waals surface area contributed by atoms with E-state index >= 15 is 0 Å². The Morgan fingerprint density at radius 3 is 2.62 bits per heavy atom. The van der Waals surface area contributed by atoms with Crippen molar-refractivity contribution in [2.75, 3.05) is 33.3 Å². The first-order valence-electron chi connectivity index (χ1n) is 9.28. The molecule has 132 valence electrons. The van der Waals surface area contributed by atoms with Gasteiger partial charge in [0.2, 0.25) is 5.91 Å². The standard InChI is InChI=1S/C20H30N2O2/c1-3-22-16-20(24-15-19(22)23)12-9-18(10-13-20)21(2)14-11-17-7-5-4-6-8-17/h4-8,18H,3,9-16H2,1-2H3/t18-,20-. The van der Waals surface area contributed by atoms with Crippen LogP contribution >= 0.6 is 0 Å². The molecule has 1 aliphatic heterocycles. The fourth-order valence-electron chi connectivity index (χ4n) is 4.08. The van der Waals surface area contributed by atoms with Crippen LogP contribution < -0.4 is 0 Å². The first kappa shape index (κ1) is 17.4. The smallest absolute Gasteiger partial charge is 0.248 e. The Bertz CT molecular complexity index is 538. The van der Waals surface area contributed by atoms with Crippen molar-refractivity contribution in [3.8, 4) is 0 Å². The summed E-state index contributed by atoms with van der Waals surface area (Å²) in [5, 5.41) is 0. The number of ether oxygens (including phenoxy) is 1. The van der Waals surface area contributed by atoms with Crippen LogP contribution in [-0.4, -0.2) is 60.6 Å². The number of hydrogen-bond acceptors (Lipinski definition) is 3. The van der Waals surface area contributed by atoms with Crippen LogP contribution in [0.25, 0.3) is 0 Å². The third-order valence-corrected chi connectivity index (χ3v) is 5.80. The van der Waals surface area contributed by atoms with Crippen LogP contribution in [0.15, 0.2) is 30.3 Å². The fourth-order valence-corrected chi connectivity index (χ4v) is 4.08. The number of nitrogens with zero attached hydrogens (tertiary/aromatic N) is 2. The van der Waals surface area contributed by atoms with Crippen LogP contribution in [0.5, 0.6) is 0 Å². The van der Waals surface area contributed by atoms with E-state index in [0.29, 0.717) is 6.04 Å². The molecule has 1 aliphatic carbocycles. The Labute approximate surface area is 145 Å². The van der Waals surface area contributed by atoms with Gasteiger partial charge in [0.15, 0.2) is 0 Å². The second kappa shape index (κ2) is 7.66. The van der Waals surface area contributed by atoms with Crippen molar-refractivity contribution in [1.82, 2.24) is 9.80 Å². The zero-order valence-corrected chi connectivity index (χ0v) is 15.0. The molecule has 1 aromatic carbocycles. The lowest BCUT2D eigenvalue weighted by molar-refractivity contribution is -0.170. The maximum atomic E-state index is 11.8. The van der Waals surface area contributed by atoms with E-state index < -0.39 is 0 Å². The average molecular weight is 330 g/mol. The van der Waals surface area contributed by atoms with Gasteiger partial charge in [-0.25, -0.2) is 0 Å². The van der Waals surface area contributed by atoms with Gasteiger partial charge < -0.3 is 14.5 Å². The molecular formula is C20H30N2O2. The van der Waals surface area contributed by atoms with Crippen molar-refractivity contribution in [2.45, 2.75) is 50.7 Å². The van der Waals surface area contributed by atoms with Crippen molar-refractivity contribution in [1.29, 1.82) is 0 Å². The van der Waals surface area contributed by atoms with Gasteiger partial charge >= 0.3 is 0 Å². The second-order valence-corrected chi connectivity index (χ2v) is 7.33. The van der Waals surface area contributed by atoms with Crippen LogP contribution in [0.4, 0.5) is 0 Å². The topological polar surface area (TPSA) is 32.8 Å². The van der Waals surface area contributed by atoms with E-state index in [9.17, 15) is 4.79 Å². The summed E-state index contributed by atoms with van der Waals surface area (Å²) in [4.78, 5) is 16.3. The molecule has 1 heterocycles. The Kier molecular flexibility index (Phi) is 5.57. The SMILES string of the molecule is CCN1C[C@]2(CC[C@@H](N(C)CCc3ccccc3)CC2)OCC1=O. The van der Waals surface area contributed by atoms with Gasteiger partial charge in [-0.3, -0.25) is 4.79 Å². The molecule has 1 aromatic rings. The molecule has 3 rings (SSSR count). The molecule has 0 aromatic heterocycles. The number of carbonyl (C=O) groups is 1. The molecule has 24 heavy (non-hydrogen) atoms. The Morgan fingerprint density at radius 1 is 1.25 bits per heavy atom. The first-order valence-corrected chi connectivity index (χ1v) is 9.28. The summed E-state index contributed by atoms with van der Waals surface area (Å²) >= 11 is 0. The Morgan fingerprint density at radius 2 is 1.96 bits per heavy atom. The van der Waals surface area contributed by atoms with Crippen LogP contribution in [0.2, 0.25) is 0 Å². The van der Waals surface area contributed by atoms with Gasteiger partial charge in [-0.2, -0.15) is 0 Å². The molecule has 0 unspecified atom stereocenters. The largest absolute Gasteiger partial charge is 0.363 e. The van der Waals surface area contributed by atoms with E-state index in [1.165, 1.54) is 5.56 Å². The van der Waals surface area contributed by atoms with Crippen molar-refractivity contribution < 1.29 is 9.53 Å². The lowest BCUT2D eigenvalue weighted by atomic mass is 9.80. The van der Waals surface area contributed by atoms with E-state index in [0.717, 1.165) is 51.7 Å². The summed E-state index contributed by atoms with van der Waals surface area (Å²) < 4.78 is 6.00. The van der Waals surface area contributed by atoms with E-state index in [4.69, 9.17) is 4.74 Å². The molecule has 4 nitrogen and oxygen atoms in total. The zero-order valence-electron chi connectivity index (χ0n) is 15.0. The van der Waals surface area contributed by atoms with Crippen LogP contribution in [0.3, 0.4) is 0 Å². The van der Waals surface area contributed by atoms with E-state index in [1.807, 2.05) is 4.90 Å². The molecule has 1 spiro atoms. The number of hydrogen-bond donors (Lipinski definition) is 0. The highest BCUT2D eigenvalue weighted by atomic mass is 16.5. The normalized spacial score (nSPS) is 27.9. The summed E-state index contributed by atoms with van der Waals surface area (Å²) in [6.07, 6.45) is 5.57. The van der Waals surface area contributed by atoms with Gasteiger partial charge in [-0.05, 0) is 51.6 Å². The average Bonchev–Trinajstić information content (AvgIpc) is 2.63. The summed E-state index contributed by atoms with van der Waals surface area (Å²) in [5.74, 6) is 0.144. The molecule has 1 saturated carbocycles. The highest BCUT2D eigenvalue weighted by molar-refractivity contribution is 5.78.